The Hall–Kier alpha value is -3.31. The maximum atomic E-state index is 12.2. The van der Waals surface area contributed by atoms with Crippen molar-refractivity contribution in [1.29, 1.82) is 0 Å². The smallest absolute Gasteiger partial charge is 0.251 e. The van der Waals surface area contributed by atoms with Crippen LogP contribution in [0.5, 0.6) is 11.5 Å². The molecular formula is C23H26N4O5S2. The van der Waals surface area contributed by atoms with Crippen LogP contribution < -0.4 is 25.7 Å². The lowest BCUT2D eigenvalue weighted by Gasteiger charge is -2.10. The summed E-state index contributed by atoms with van der Waals surface area (Å²) in [5.74, 6) is 0.957. The first-order valence-corrected chi connectivity index (χ1v) is 12.3. The van der Waals surface area contributed by atoms with E-state index in [4.69, 9.17) is 9.47 Å². The Balaban J connectivity index is 1.44. The molecule has 3 aromatic rings. The Morgan fingerprint density at radius 1 is 1.09 bits per heavy atom. The summed E-state index contributed by atoms with van der Waals surface area (Å²) in [6.45, 7) is 0.883. The molecule has 3 N–H and O–H groups in total. The van der Waals surface area contributed by atoms with Gasteiger partial charge in [0.25, 0.3) is 5.56 Å². The molecule has 0 spiro atoms. The molecule has 0 fully saturated rings. The summed E-state index contributed by atoms with van der Waals surface area (Å²) in [6.07, 6.45) is 0.613. The number of hydrogen-bond acceptors (Lipinski definition) is 8. The van der Waals surface area contributed by atoms with E-state index in [0.717, 1.165) is 22.2 Å². The fraction of sp³-hybridized carbons (Fsp3) is 0.304. The normalized spacial score (nSPS) is 10.5. The monoisotopic (exact) mass is 502 g/mol. The zero-order chi connectivity index (χ0) is 24.3. The molecule has 0 aliphatic rings. The van der Waals surface area contributed by atoms with Crippen LogP contribution in [-0.2, 0) is 29.0 Å². The average Bonchev–Trinajstić information content (AvgIpc) is 3.35. The molecule has 0 saturated carbocycles. The van der Waals surface area contributed by atoms with Gasteiger partial charge in [0.2, 0.25) is 11.8 Å². The van der Waals surface area contributed by atoms with Gasteiger partial charge in [0.05, 0.1) is 38.6 Å². The summed E-state index contributed by atoms with van der Waals surface area (Å²) in [5.41, 5.74) is 0.984. The summed E-state index contributed by atoms with van der Waals surface area (Å²) in [6, 6.07) is 10.8. The van der Waals surface area contributed by atoms with Crippen LogP contribution >= 0.6 is 23.1 Å². The highest BCUT2D eigenvalue weighted by molar-refractivity contribution is 7.99. The molecule has 2 amide bonds. The van der Waals surface area contributed by atoms with E-state index in [-0.39, 0.29) is 29.5 Å². The van der Waals surface area contributed by atoms with Gasteiger partial charge in [-0.05, 0) is 35.6 Å². The molecule has 3 rings (SSSR count). The summed E-state index contributed by atoms with van der Waals surface area (Å²) in [7, 11) is 3.15. The summed E-state index contributed by atoms with van der Waals surface area (Å²) < 4.78 is 10.5. The van der Waals surface area contributed by atoms with E-state index in [1.165, 1.54) is 6.07 Å². The molecule has 0 radical (unpaired) electrons. The first kappa shape index (κ1) is 25.3. The number of carbonyl (C=O) groups is 2. The number of aromatic nitrogens is 2. The number of methoxy groups -OCH3 is 2. The van der Waals surface area contributed by atoms with Crippen molar-refractivity contribution in [3.63, 3.8) is 0 Å². The highest BCUT2D eigenvalue weighted by Crippen LogP contribution is 2.27. The van der Waals surface area contributed by atoms with Crippen molar-refractivity contribution in [3.8, 4) is 11.5 Å². The number of carbonyl (C=O) groups excluding carboxylic acids is 2. The summed E-state index contributed by atoms with van der Waals surface area (Å²) in [5, 5.41) is 7.89. The average molecular weight is 503 g/mol. The Labute approximate surface area is 205 Å². The van der Waals surface area contributed by atoms with Crippen LogP contribution in [0.4, 0.5) is 0 Å². The minimum atomic E-state index is -0.368. The van der Waals surface area contributed by atoms with Crippen LogP contribution in [0, 0.1) is 0 Å². The van der Waals surface area contributed by atoms with Crippen molar-refractivity contribution >= 4 is 34.9 Å². The topological polar surface area (TPSA) is 122 Å². The van der Waals surface area contributed by atoms with Crippen LogP contribution in [0.3, 0.4) is 0 Å². The number of rotatable bonds is 12. The molecule has 2 aromatic heterocycles. The second-order valence-corrected chi connectivity index (χ2v) is 9.15. The van der Waals surface area contributed by atoms with Crippen molar-refractivity contribution in [3.05, 3.63) is 68.3 Å². The third-order valence-electron chi connectivity index (χ3n) is 4.68. The lowest BCUT2D eigenvalue weighted by Crippen LogP contribution is -2.27. The van der Waals surface area contributed by atoms with Gasteiger partial charge < -0.3 is 25.1 Å². The Morgan fingerprint density at radius 2 is 1.91 bits per heavy atom. The minimum absolute atomic E-state index is 0.0135. The van der Waals surface area contributed by atoms with Gasteiger partial charge in [-0.3, -0.25) is 14.4 Å². The molecular weight excluding hydrogens is 476 g/mol. The number of benzene rings is 1. The largest absolute Gasteiger partial charge is 0.493 e. The maximum absolute atomic E-state index is 12.2. The van der Waals surface area contributed by atoms with Crippen molar-refractivity contribution in [1.82, 2.24) is 20.6 Å². The molecule has 0 unspecified atom stereocenters. The number of nitrogens with one attached hydrogen (secondary N) is 3. The predicted octanol–water partition coefficient (Wildman–Crippen LogP) is 2.16. The van der Waals surface area contributed by atoms with Gasteiger partial charge in [0.15, 0.2) is 16.7 Å². The van der Waals surface area contributed by atoms with E-state index in [0.29, 0.717) is 41.9 Å². The quantitative estimate of drug-likeness (QED) is 0.256. The maximum Gasteiger partial charge on any atom is 0.251 e. The molecule has 1 aromatic carbocycles. The van der Waals surface area contributed by atoms with E-state index in [2.05, 4.69) is 20.6 Å². The number of aromatic amines is 1. The molecule has 0 aliphatic carbocycles. The third-order valence-corrected chi connectivity index (χ3v) is 6.43. The molecule has 0 atom stereocenters. The van der Waals surface area contributed by atoms with Gasteiger partial charge in [-0.15, -0.1) is 11.3 Å². The van der Waals surface area contributed by atoms with E-state index in [1.54, 1.807) is 25.6 Å². The van der Waals surface area contributed by atoms with Crippen molar-refractivity contribution in [2.24, 2.45) is 0 Å². The zero-order valence-corrected chi connectivity index (χ0v) is 20.5. The number of amides is 2. The van der Waals surface area contributed by atoms with Gasteiger partial charge in [-0.25, -0.2) is 4.98 Å². The number of H-pyrrole nitrogens is 1. The standard InChI is InChI=1S/C23H26N4O5S2/c1-31-18-6-5-15(10-19(18)32-2)7-8-24-22(30)14-34-23-26-16(12-21(29)27-23)11-20(28)25-13-17-4-3-9-33-17/h3-6,9-10,12H,7-8,11,13-14H2,1-2H3,(H,24,30)(H,25,28)(H,26,27,29). The Bertz CT molecular complexity index is 1160. The van der Waals surface area contributed by atoms with E-state index in [1.807, 2.05) is 35.7 Å². The van der Waals surface area contributed by atoms with E-state index in [9.17, 15) is 14.4 Å². The van der Waals surface area contributed by atoms with E-state index < -0.39 is 0 Å². The fourth-order valence-corrected chi connectivity index (χ4v) is 4.40. The molecule has 0 saturated heterocycles. The molecule has 34 heavy (non-hydrogen) atoms. The molecule has 9 nitrogen and oxygen atoms in total. The Morgan fingerprint density at radius 3 is 2.65 bits per heavy atom. The predicted molar refractivity (Wildman–Crippen MR) is 132 cm³/mol. The third kappa shape index (κ3) is 7.92. The number of nitrogens with zero attached hydrogens (tertiary/aromatic N) is 1. The first-order chi connectivity index (χ1) is 16.5. The minimum Gasteiger partial charge on any atom is -0.493 e. The lowest BCUT2D eigenvalue weighted by atomic mass is 10.1. The fourth-order valence-electron chi connectivity index (χ4n) is 3.04. The number of thiophene rings is 1. The zero-order valence-electron chi connectivity index (χ0n) is 18.9. The number of ether oxygens (including phenoxy) is 2. The van der Waals surface area contributed by atoms with Crippen molar-refractivity contribution in [2.75, 3.05) is 26.5 Å². The van der Waals surface area contributed by atoms with Crippen LogP contribution in [0.1, 0.15) is 16.1 Å². The summed E-state index contributed by atoms with van der Waals surface area (Å²) in [4.78, 5) is 44.3. The molecule has 180 valence electrons. The molecule has 0 bridgehead atoms. The lowest BCUT2D eigenvalue weighted by molar-refractivity contribution is -0.120. The van der Waals surface area contributed by atoms with Crippen LogP contribution in [0.15, 0.2) is 51.7 Å². The van der Waals surface area contributed by atoms with Gasteiger partial charge in [-0.1, -0.05) is 23.9 Å². The number of thioether (sulfide) groups is 1. The Kier molecular flexibility index (Phi) is 9.53. The van der Waals surface area contributed by atoms with Gasteiger partial charge in [0, 0.05) is 17.5 Å². The highest BCUT2D eigenvalue weighted by Gasteiger charge is 2.10. The second-order valence-electron chi connectivity index (χ2n) is 7.15. The van der Waals surface area contributed by atoms with Crippen LogP contribution in [-0.4, -0.2) is 48.3 Å². The number of hydrogen-bond donors (Lipinski definition) is 3. The van der Waals surface area contributed by atoms with E-state index >= 15 is 0 Å². The van der Waals surface area contributed by atoms with Crippen LogP contribution in [0.2, 0.25) is 0 Å². The van der Waals surface area contributed by atoms with Gasteiger partial charge in [0.1, 0.15) is 0 Å². The molecule has 0 aliphatic heterocycles. The SMILES string of the molecule is COc1ccc(CCNC(=O)CSc2nc(CC(=O)NCc3cccs3)cc(=O)[nH]2)cc1OC. The van der Waals surface area contributed by atoms with Crippen molar-refractivity contribution in [2.45, 2.75) is 24.5 Å². The van der Waals surface area contributed by atoms with Gasteiger partial charge >= 0.3 is 0 Å². The van der Waals surface area contributed by atoms with Gasteiger partial charge in [-0.2, -0.15) is 0 Å². The first-order valence-electron chi connectivity index (χ1n) is 10.5. The summed E-state index contributed by atoms with van der Waals surface area (Å²) >= 11 is 2.66. The van der Waals surface area contributed by atoms with Crippen LogP contribution in [0.25, 0.3) is 0 Å². The molecule has 2 heterocycles. The highest BCUT2D eigenvalue weighted by atomic mass is 32.2. The molecule has 11 heteroatoms. The van der Waals surface area contributed by atoms with Crippen molar-refractivity contribution < 1.29 is 19.1 Å². The second kappa shape index (κ2) is 12.8.